The molecule has 5 nitrogen and oxygen atoms in total. The molecule has 1 heterocycles. The van der Waals surface area contributed by atoms with Crippen LogP contribution in [0.4, 0.5) is 8.78 Å². The predicted molar refractivity (Wildman–Crippen MR) is 83.8 cm³/mol. The van der Waals surface area contributed by atoms with Crippen molar-refractivity contribution in [3.8, 4) is 5.75 Å². The van der Waals surface area contributed by atoms with Crippen molar-refractivity contribution in [3.05, 3.63) is 75.6 Å². The Hall–Kier alpha value is -3.22. The van der Waals surface area contributed by atoms with Crippen LogP contribution < -0.4 is 10.9 Å². The number of fused-ring (bicyclic) bond motifs is 1. The van der Waals surface area contributed by atoms with E-state index < -0.39 is 28.9 Å². The fourth-order valence-corrected chi connectivity index (χ4v) is 2.36. The van der Waals surface area contributed by atoms with Gasteiger partial charge in [-0.3, -0.25) is 9.59 Å². The average molecular weight is 330 g/mol. The minimum absolute atomic E-state index is 0.0577. The number of aromatic amines is 1. The molecule has 3 N–H and O–H groups in total. The summed E-state index contributed by atoms with van der Waals surface area (Å²) in [6.07, 6.45) is 0. The predicted octanol–water partition coefficient (Wildman–Crippen LogP) is 2.44. The van der Waals surface area contributed by atoms with E-state index in [1.807, 2.05) is 0 Å². The van der Waals surface area contributed by atoms with Gasteiger partial charge in [0.05, 0.1) is 5.56 Å². The van der Waals surface area contributed by atoms with Crippen LogP contribution in [-0.2, 0) is 6.54 Å². The molecule has 3 rings (SSSR count). The molecule has 3 aromatic rings. The SMILES string of the molecule is O=C(NCc1ccc(F)cc1)c1c(O)c(=O)[nH]c2ccc(F)cc12. The number of hydrogen-bond donors (Lipinski definition) is 3. The van der Waals surface area contributed by atoms with Crippen LogP contribution >= 0.6 is 0 Å². The highest BCUT2D eigenvalue weighted by Gasteiger charge is 2.19. The standard InChI is InChI=1S/C17H12F2N2O3/c18-10-3-1-9(2-4-10)8-20-16(23)14-12-7-11(19)5-6-13(12)21-17(24)15(14)22/h1-7,22H,8H2,(H,20,23)(H,21,24). The Morgan fingerprint density at radius 3 is 2.46 bits per heavy atom. The Balaban J connectivity index is 1.96. The Morgan fingerprint density at radius 2 is 1.75 bits per heavy atom. The summed E-state index contributed by atoms with van der Waals surface area (Å²) < 4.78 is 26.3. The van der Waals surface area contributed by atoms with Crippen LogP contribution in [0.2, 0.25) is 0 Å². The summed E-state index contributed by atoms with van der Waals surface area (Å²) >= 11 is 0. The van der Waals surface area contributed by atoms with Crippen LogP contribution in [0, 0.1) is 11.6 Å². The molecule has 0 saturated carbocycles. The molecule has 24 heavy (non-hydrogen) atoms. The molecule has 0 fully saturated rings. The van der Waals surface area contributed by atoms with Gasteiger partial charge in [-0.1, -0.05) is 12.1 Å². The molecule has 0 unspecified atom stereocenters. The van der Waals surface area contributed by atoms with Crippen molar-refractivity contribution >= 4 is 16.8 Å². The van der Waals surface area contributed by atoms with Gasteiger partial charge in [-0.2, -0.15) is 0 Å². The lowest BCUT2D eigenvalue weighted by molar-refractivity contribution is 0.0949. The molecule has 1 amide bonds. The largest absolute Gasteiger partial charge is 0.502 e. The first-order valence-electron chi connectivity index (χ1n) is 7.03. The Morgan fingerprint density at radius 1 is 1.08 bits per heavy atom. The van der Waals surface area contributed by atoms with Crippen molar-refractivity contribution in [2.45, 2.75) is 6.54 Å². The zero-order chi connectivity index (χ0) is 17.3. The number of halogens is 2. The second-order valence-corrected chi connectivity index (χ2v) is 5.18. The van der Waals surface area contributed by atoms with Gasteiger partial charge in [-0.05, 0) is 35.9 Å². The Kier molecular flexibility index (Phi) is 3.99. The van der Waals surface area contributed by atoms with Gasteiger partial charge in [-0.25, -0.2) is 8.78 Å². The molecule has 7 heteroatoms. The molecule has 0 bridgehead atoms. The van der Waals surface area contributed by atoms with E-state index in [0.717, 1.165) is 12.1 Å². The lowest BCUT2D eigenvalue weighted by Crippen LogP contribution is -2.25. The van der Waals surface area contributed by atoms with E-state index in [2.05, 4.69) is 10.3 Å². The van der Waals surface area contributed by atoms with Crippen LogP contribution in [0.5, 0.6) is 5.75 Å². The number of carbonyl (C=O) groups excluding carboxylic acids is 1. The molecule has 1 aromatic heterocycles. The van der Waals surface area contributed by atoms with E-state index in [0.29, 0.717) is 5.56 Å². The number of benzene rings is 2. The highest BCUT2D eigenvalue weighted by molar-refractivity contribution is 6.08. The number of aromatic nitrogens is 1. The summed E-state index contributed by atoms with van der Waals surface area (Å²) in [4.78, 5) is 26.5. The summed E-state index contributed by atoms with van der Waals surface area (Å²) in [5, 5.41) is 12.5. The first-order chi connectivity index (χ1) is 11.5. The maximum absolute atomic E-state index is 13.5. The maximum atomic E-state index is 13.5. The molecule has 122 valence electrons. The third-order valence-electron chi connectivity index (χ3n) is 3.54. The Bertz CT molecular complexity index is 982. The topological polar surface area (TPSA) is 82.2 Å². The van der Waals surface area contributed by atoms with Gasteiger partial charge in [0.2, 0.25) is 0 Å². The zero-order valence-corrected chi connectivity index (χ0v) is 12.3. The summed E-state index contributed by atoms with van der Waals surface area (Å²) in [6, 6.07) is 8.97. The molecule has 0 spiro atoms. The van der Waals surface area contributed by atoms with E-state index in [9.17, 15) is 23.5 Å². The quantitative estimate of drug-likeness (QED) is 0.690. The van der Waals surface area contributed by atoms with Crippen molar-refractivity contribution < 1.29 is 18.7 Å². The van der Waals surface area contributed by atoms with E-state index in [1.165, 1.54) is 30.3 Å². The molecule has 2 aromatic carbocycles. The van der Waals surface area contributed by atoms with Gasteiger partial charge >= 0.3 is 0 Å². The average Bonchev–Trinajstić information content (AvgIpc) is 2.56. The van der Waals surface area contributed by atoms with Gasteiger partial charge in [0.25, 0.3) is 11.5 Å². The molecule has 0 saturated heterocycles. The van der Waals surface area contributed by atoms with E-state index >= 15 is 0 Å². The Labute approximate surface area is 134 Å². The molecule has 0 atom stereocenters. The number of pyridine rings is 1. The van der Waals surface area contributed by atoms with Crippen LogP contribution in [0.3, 0.4) is 0 Å². The molecule has 0 aliphatic rings. The second kappa shape index (κ2) is 6.11. The van der Waals surface area contributed by atoms with Crippen molar-refractivity contribution in [1.82, 2.24) is 10.3 Å². The second-order valence-electron chi connectivity index (χ2n) is 5.18. The fraction of sp³-hybridized carbons (Fsp3) is 0.0588. The van der Waals surface area contributed by atoms with Crippen molar-refractivity contribution in [1.29, 1.82) is 0 Å². The van der Waals surface area contributed by atoms with Crippen molar-refractivity contribution in [2.24, 2.45) is 0 Å². The van der Waals surface area contributed by atoms with E-state index in [1.54, 1.807) is 0 Å². The van der Waals surface area contributed by atoms with Gasteiger partial charge in [-0.15, -0.1) is 0 Å². The van der Waals surface area contributed by atoms with Gasteiger partial charge in [0.1, 0.15) is 11.6 Å². The molecule has 0 aliphatic heterocycles. The van der Waals surface area contributed by atoms with Gasteiger partial charge in [0.15, 0.2) is 5.75 Å². The lowest BCUT2D eigenvalue weighted by atomic mass is 10.1. The molecular formula is C17H12F2N2O3. The summed E-state index contributed by atoms with van der Waals surface area (Å²) in [6.45, 7) is 0.0577. The van der Waals surface area contributed by atoms with Crippen molar-refractivity contribution in [2.75, 3.05) is 0 Å². The number of nitrogens with one attached hydrogen (secondary N) is 2. The molecular weight excluding hydrogens is 318 g/mol. The van der Waals surface area contributed by atoms with Crippen molar-refractivity contribution in [3.63, 3.8) is 0 Å². The van der Waals surface area contributed by atoms with Crippen LogP contribution in [0.15, 0.2) is 47.3 Å². The molecule has 0 radical (unpaired) electrons. The van der Waals surface area contributed by atoms with Crippen LogP contribution in [-0.4, -0.2) is 16.0 Å². The summed E-state index contributed by atoms with van der Waals surface area (Å²) in [5.41, 5.74) is -0.299. The number of amides is 1. The summed E-state index contributed by atoms with van der Waals surface area (Å²) in [7, 11) is 0. The maximum Gasteiger partial charge on any atom is 0.291 e. The smallest absolute Gasteiger partial charge is 0.291 e. The first kappa shape index (κ1) is 15.7. The van der Waals surface area contributed by atoms with Crippen LogP contribution in [0.25, 0.3) is 10.9 Å². The monoisotopic (exact) mass is 330 g/mol. The zero-order valence-electron chi connectivity index (χ0n) is 12.3. The fourth-order valence-electron chi connectivity index (χ4n) is 2.36. The first-order valence-corrected chi connectivity index (χ1v) is 7.03. The van der Waals surface area contributed by atoms with Gasteiger partial charge in [0, 0.05) is 17.4 Å². The molecule has 0 aliphatic carbocycles. The number of H-pyrrole nitrogens is 1. The number of aromatic hydroxyl groups is 1. The van der Waals surface area contributed by atoms with E-state index in [4.69, 9.17) is 0 Å². The highest BCUT2D eigenvalue weighted by atomic mass is 19.1. The van der Waals surface area contributed by atoms with E-state index in [-0.39, 0.29) is 23.0 Å². The third-order valence-corrected chi connectivity index (χ3v) is 3.54. The van der Waals surface area contributed by atoms with Gasteiger partial charge < -0.3 is 15.4 Å². The minimum Gasteiger partial charge on any atom is -0.502 e. The third kappa shape index (κ3) is 2.96. The number of hydrogen-bond acceptors (Lipinski definition) is 3. The van der Waals surface area contributed by atoms with Crippen LogP contribution in [0.1, 0.15) is 15.9 Å². The minimum atomic E-state index is -0.846. The number of carbonyl (C=O) groups is 1. The summed E-state index contributed by atoms with van der Waals surface area (Å²) in [5.74, 6) is -2.54. The normalized spacial score (nSPS) is 10.8. The number of rotatable bonds is 3. The highest BCUT2D eigenvalue weighted by Crippen LogP contribution is 2.23. The lowest BCUT2D eigenvalue weighted by Gasteiger charge is -2.10.